The van der Waals surface area contributed by atoms with Gasteiger partial charge in [0, 0.05) is 16.1 Å². The fourth-order valence-corrected chi connectivity index (χ4v) is 3.42. The molecule has 0 aliphatic heterocycles. The summed E-state index contributed by atoms with van der Waals surface area (Å²) < 4.78 is 41.0. The van der Waals surface area contributed by atoms with E-state index in [1.165, 1.54) is 6.07 Å². The molecule has 0 saturated heterocycles. The van der Waals surface area contributed by atoms with Crippen LogP contribution in [0.25, 0.3) is 0 Å². The van der Waals surface area contributed by atoms with E-state index in [9.17, 15) is 12.8 Å². The highest BCUT2D eigenvalue weighted by Gasteiger charge is 2.26. The van der Waals surface area contributed by atoms with Gasteiger partial charge in [-0.2, -0.15) is 0 Å². The molecule has 1 aromatic carbocycles. The van der Waals surface area contributed by atoms with Crippen LogP contribution in [0.15, 0.2) is 18.2 Å². The van der Waals surface area contributed by atoms with Gasteiger partial charge >= 0.3 is 0 Å². The number of halogens is 2. The van der Waals surface area contributed by atoms with Gasteiger partial charge in [-0.15, -0.1) is 0 Å². The molecule has 1 aromatic rings. The molecular weight excluding hydrogens is 279 g/mol. The highest BCUT2D eigenvalue weighted by molar-refractivity contribution is 8.13. The largest absolute Gasteiger partial charge is 0.490 e. The van der Waals surface area contributed by atoms with Gasteiger partial charge in [-0.1, -0.05) is 26.0 Å². The average Bonchev–Trinajstić information content (AvgIpc) is 2.17. The second kappa shape index (κ2) is 5.45. The summed E-state index contributed by atoms with van der Waals surface area (Å²) in [6.07, 6.45) is 0. The van der Waals surface area contributed by atoms with Gasteiger partial charge in [0.05, 0.1) is 12.4 Å². The molecule has 0 aliphatic rings. The SMILES string of the molecule is Cc1cccc(OCC(C)(C)CS(=O)(=O)Cl)c1F. The molecule has 0 fully saturated rings. The first-order valence-electron chi connectivity index (χ1n) is 5.41. The first-order valence-corrected chi connectivity index (χ1v) is 7.89. The second-order valence-corrected chi connectivity index (χ2v) is 7.80. The molecule has 0 spiro atoms. The highest BCUT2D eigenvalue weighted by atomic mass is 35.7. The van der Waals surface area contributed by atoms with Crippen LogP contribution in [-0.4, -0.2) is 20.8 Å². The third-order valence-corrected chi connectivity index (χ3v) is 3.79. The molecule has 0 unspecified atom stereocenters. The quantitative estimate of drug-likeness (QED) is 0.784. The summed E-state index contributed by atoms with van der Waals surface area (Å²) in [6, 6.07) is 4.82. The Morgan fingerprint density at radius 3 is 2.56 bits per heavy atom. The lowest BCUT2D eigenvalue weighted by atomic mass is 9.98. The molecule has 1 rings (SSSR count). The maximum Gasteiger partial charge on any atom is 0.233 e. The zero-order chi connectivity index (χ0) is 14.0. The van der Waals surface area contributed by atoms with E-state index in [1.807, 2.05) is 0 Å². The normalized spacial score (nSPS) is 12.5. The number of benzene rings is 1. The van der Waals surface area contributed by atoms with Gasteiger partial charge < -0.3 is 4.74 Å². The monoisotopic (exact) mass is 294 g/mol. The van der Waals surface area contributed by atoms with Crippen molar-refractivity contribution in [2.45, 2.75) is 20.8 Å². The van der Waals surface area contributed by atoms with Crippen molar-refractivity contribution in [2.75, 3.05) is 12.4 Å². The van der Waals surface area contributed by atoms with E-state index in [4.69, 9.17) is 15.4 Å². The summed E-state index contributed by atoms with van der Waals surface area (Å²) >= 11 is 0. The van der Waals surface area contributed by atoms with Crippen molar-refractivity contribution in [3.63, 3.8) is 0 Å². The molecule has 0 amide bonds. The van der Waals surface area contributed by atoms with Crippen molar-refractivity contribution in [3.8, 4) is 5.75 Å². The van der Waals surface area contributed by atoms with Crippen molar-refractivity contribution in [2.24, 2.45) is 5.41 Å². The van der Waals surface area contributed by atoms with Crippen molar-refractivity contribution < 1.29 is 17.5 Å². The molecule has 0 radical (unpaired) electrons. The Kier molecular flexibility index (Phi) is 4.61. The predicted molar refractivity (Wildman–Crippen MR) is 70.1 cm³/mol. The number of hydrogen-bond acceptors (Lipinski definition) is 3. The van der Waals surface area contributed by atoms with Crippen molar-refractivity contribution >= 4 is 19.7 Å². The van der Waals surface area contributed by atoms with Crippen molar-refractivity contribution in [3.05, 3.63) is 29.6 Å². The van der Waals surface area contributed by atoms with E-state index < -0.39 is 20.3 Å². The topological polar surface area (TPSA) is 43.4 Å². The third kappa shape index (κ3) is 4.82. The third-order valence-electron chi connectivity index (χ3n) is 2.34. The second-order valence-electron chi connectivity index (χ2n) is 5.02. The maximum atomic E-state index is 13.6. The number of hydrogen-bond donors (Lipinski definition) is 0. The maximum absolute atomic E-state index is 13.6. The van der Waals surface area contributed by atoms with Crippen LogP contribution in [0.2, 0.25) is 0 Å². The smallest absolute Gasteiger partial charge is 0.233 e. The van der Waals surface area contributed by atoms with Gasteiger partial charge in [-0.3, -0.25) is 0 Å². The molecule has 102 valence electrons. The van der Waals surface area contributed by atoms with Crippen LogP contribution in [0.4, 0.5) is 4.39 Å². The zero-order valence-electron chi connectivity index (χ0n) is 10.5. The van der Waals surface area contributed by atoms with Gasteiger partial charge in [0.25, 0.3) is 0 Å². The zero-order valence-corrected chi connectivity index (χ0v) is 12.1. The minimum Gasteiger partial charge on any atom is -0.490 e. The lowest BCUT2D eigenvalue weighted by Gasteiger charge is -2.23. The molecule has 0 saturated carbocycles. The minimum absolute atomic E-state index is 0.0688. The molecule has 0 atom stereocenters. The molecule has 18 heavy (non-hydrogen) atoms. The lowest BCUT2D eigenvalue weighted by Crippen LogP contribution is -2.28. The summed E-state index contributed by atoms with van der Waals surface area (Å²) in [5, 5.41) is 0. The van der Waals surface area contributed by atoms with Crippen LogP contribution in [0.5, 0.6) is 5.75 Å². The number of aryl methyl sites for hydroxylation is 1. The summed E-state index contributed by atoms with van der Waals surface area (Å²) in [4.78, 5) is 0. The first-order chi connectivity index (χ1) is 8.11. The van der Waals surface area contributed by atoms with Gasteiger partial charge in [0.2, 0.25) is 9.05 Å². The summed E-state index contributed by atoms with van der Waals surface area (Å²) in [5.41, 5.74) is -0.202. The van der Waals surface area contributed by atoms with Crippen molar-refractivity contribution in [1.29, 1.82) is 0 Å². The summed E-state index contributed by atoms with van der Waals surface area (Å²) in [7, 11) is 1.59. The fraction of sp³-hybridized carbons (Fsp3) is 0.500. The van der Waals surface area contributed by atoms with Gasteiger partial charge in [-0.25, -0.2) is 12.8 Å². The van der Waals surface area contributed by atoms with Crippen molar-refractivity contribution in [1.82, 2.24) is 0 Å². The van der Waals surface area contributed by atoms with Crippen LogP contribution in [0.1, 0.15) is 19.4 Å². The van der Waals surface area contributed by atoms with E-state index in [-0.39, 0.29) is 18.1 Å². The summed E-state index contributed by atoms with van der Waals surface area (Å²) in [5.74, 6) is -0.535. The Labute approximate surface area is 111 Å². The van der Waals surface area contributed by atoms with Crippen LogP contribution >= 0.6 is 10.7 Å². The van der Waals surface area contributed by atoms with Crippen LogP contribution in [-0.2, 0) is 9.05 Å². The van der Waals surface area contributed by atoms with E-state index in [0.29, 0.717) is 5.56 Å². The Morgan fingerprint density at radius 1 is 1.39 bits per heavy atom. The average molecular weight is 295 g/mol. The van der Waals surface area contributed by atoms with Crippen LogP contribution in [0.3, 0.4) is 0 Å². The van der Waals surface area contributed by atoms with E-state index >= 15 is 0 Å². The Balaban J connectivity index is 2.73. The van der Waals surface area contributed by atoms with E-state index in [2.05, 4.69) is 0 Å². The fourth-order valence-electron chi connectivity index (χ4n) is 1.51. The van der Waals surface area contributed by atoms with Crippen LogP contribution < -0.4 is 4.74 Å². The molecule has 3 nitrogen and oxygen atoms in total. The van der Waals surface area contributed by atoms with Gasteiger partial charge in [0.1, 0.15) is 0 Å². The Bertz CT molecular complexity index is 526. The van der Waals surface area contributed by atoms with E-state index in [0.717, 1.165) is 0 Å². The minimum atomic E-state index is -3.61. The molecule has 6 heteroatoms. The Hall–Kier alpha value is -0.810. The number of ether oxygens (including phenoxy) is 1. The predicted octanol–water partition coefficient (Wildman–Crippen LogP) is 3.11. The molecule has 0 aliphatic carbocycles. The summed E-state index contributed by atoms with van der Waals surface area (Å²) in [6.45, 7) is 5.09. The van der Waals surface area contributed by atoms with Gasteiger partial charge in [-0.05, 0) is 18.6 Å². The Morgan fingerprint density at radius 2 is 2.00 bits per heavy atom. The highest BCUT2D eigenvalue weighted by Crippen LogP contribution is 2.25. The lowest BCUT2D eigenvalue weighted by molar-refractivity contribution is 0.193. The standard InChI is InChI=1S/C12H16ClFO3S/c1-9-5-4-6-10(11(9)14)17-7-12(2,3)8-18(13,15)16/h4-6H,7-8H2,1-3H3. The number of rotatable bonds is 5. The molecule has 0 aromatic heterocycles. The molecular formula is C12H16ClFO3S. The van der Waals surface area contributed by atoms with Gasteiger partial charge in [0.15, 0.2) is 11.6 Å². The molecule has 0 N–H and O–H groups in total. The van der Waals surface area contributed by atoms with Crippen LogP contribution in [0, 0.1) is 18.2 Å². The first kappa shape index (κ1) is 15.2. The molecule has 0 bridgehead atoms. The van der Waals surface area contributed by atoms with E-state index in [1.54, 1.807) is 32.9 Å². The molecule has 0 heterocycles.